The lowest BCUT2D eigenvalue weighted by Gasteiger charge is -2.27. The van der Waals surface area contributed by atoms with Crippen molar-refractivity contribution in [2.45, 2.75) is 37.9 Å². The fraction of sp³-hybridized carbons (Fsp3) is 0.300. The van der Waals surface area contributed by atoms with Gasteiger partial charge in [-0.05, 0) is 42.7 Å². The monoisotopic (exact) mass is 338 g/mol. The summed E-state index contributed by atoms with van der Waals surface area (Å²) in [6.45, 7) is 0.659. The Morgan fingerprint density at radius 2 is 1.68 bits per heavy atom. The van der Waals surface area contributed by atoms with E-state index in [0.717, 1.165) is 18.4 Å². The van der Waals surface area contributed by atoms with Crippen molar-refractivity contribution in [3.8, 4) is 0 Å². The molecule has 0 unspecified atom stereocenters. The van der Waals surface area contributed by atoms with Gasteiger partial charge >= 0.3 is 0 Å². The van der Waals surface area contributed by atoms with E-state index in [0.29, 0.717) is 18.3 Å². The Morgan fingerprint density at radius 3 is 2.32 bits per heavy atom. The van der Waals surface area contributed by atoms with Crippen LogP contribution in [0.15, 0.2) is 54.6 Å². The van der Waals surface area contributed by atoms with Crippen molar-refractivity contribution in [2.24, 2.45) is 0 Å². The average molecular weight is 338 g/mol. The Bertz CT molecular complexity index is 787. The van der Waals surface area contributed by atoms with E-state index in [-0.39, 0.29) is 24.1 Å². The van der Waals surface area contributed by atoms with Crippen LogP contribution < -0.4 is 4.90 Å². The van der Waals surface area contributed by atoms with Crippen molar-refractivity contribution in [1.29, 1.82) is 0 Å². The van der Waals surface area contributed by atoms with Gasteiger partial charge in [0.05, 0.1) is 18.2 Å². The largest absolute Gasteiger partial charge is 0.284 e. The number of hydrogen-bond donors (Lipinski definition) is 0. The molecular weight excluding hydrogens is 319 g/mol. The lowest BCUT2D eigenvalue weighted by molar-refractivity contribution is -0.123. The molecule has 1 atom stereocenters. The number of carbonyl (C=O) groups is 2. The number of nitrogens with zero attached hydrogens (tertiary/aromatic N) is 2. The molecule has 5 heteroatoms. The van der Waals surface area contributed by atoms with E-state index in [2.05, 4.69) is 4.90 Å². The minimum atomic E-state index is -0.440. The fourth-order valence-electron chi connectivity index (χ4n) is 3.43. The van der Waals surface area contributed by atoms with Gasteiger partial charge in [-0.25, -0.2) is 9.29 Å². The fourth-order valence-corrected chi connectivity index (χ4v) is 3.43. The number of imide groups is 1. The molecule has 2 aromatic rings. The highest BCUT2D eigenvalue weighted by atomic mass is 19.1. The molecule has 2 fully saturated rings. The van der Waals surface area contributed by atoms with E-state index in [4.69, 9.17) is 0 Å². The van der Waals surface area contributed by atoms with E-state index in [1.807, 2.05) is 30.3 Å². The minimum absolute atomic E-state index is 0.180. The van der Waals surface area contributed by atoms with Crippen LogP contribution >= 0.6 is 0 Å². The first kappa shape index (κ1) is 16.0. The number of amides is 2. The van der Waals surface area contributed by atoms with Crippen LogP contribution in [0.1, 0.15) is 24.8 Å². The van der Waals surface area contributed by atoms with Gasteiger partial charge < -0.3 is 0 Å². The van der Waals surface area contributed by atoms with Crippen molar-refractivity contribution in [2.75, 3.05) is 4.90 Å². The van der Waals surface area contributed by atoms with Gasteiger partial charge in [-0.1, -0.05) is 30.3 Å². The van der Waals surface area contributed by atoms with Crippen molar-refractivity contribution < 1.29 is 14.0 Å². The zero-order valence-electron chi connectivity index (χ0n) is 13.8. The standard InChI is InChI=1S/C20H19FN2O2/c21-15-6-8-17(9-7-15)23-19(24)12-18(20(23)25)22(16-10-11-16)13-14-4-2-1-3-5-14/h1-9,16,18H,10-13H2/t18-/m1/s1. The van der Waals surface area contributed by atoms with E-state index in [1.54, 1.807) is 0 Å². The number of hydrogen-bond acceptors (Lipinski definition) is 3. The van der Waals surface area contributed by atoms with Gasteiger partial charge in [-0.2, -0.15) is 0 Å². The van der Waals surface area contributed by atoms with Gasteiger partial charge in [0, 0.05) is 12.6 Å². The molecule has 1 saturated heterocycles. The SMILES string of the molecule is O=C1C[C@@H](N(Cc2ccccc2)C2CC2)C(=O)N1c1ccc(F)cc1. The molecule has 0 bridgehead atoms. The molecule has 0 aromatic heterocycles. The molecule has 25 heavy (non-hydrogen) atoms. The first-order chi connectivity index (χ1) is 12.1. The molecule has 2 amide bonds. The van der Waals surface area contributed by atoms with E-state index in [9.17, 15) is 14.0 Å². The number of carbonyl (C=O) groups excluding carboxylic acids is 2. The van der Waals surface area contributed by atoms with E-state index >= 15 is 0 Å². The zero-order valence-corrected chi connectivity index (χ0v) is 13.8. The summed E-state index contributed by atoms with van der Waals surface area (Å²) < 4.78 is 13.1. The molecule has 4 nitrogen and oxygen atoms in total. The molecule has 1 saturated carbocycles. The van der Waals surface area contributed by atoms with Crippen LogP contribution in [0.4, 0.5) is 10.1 Å². The lowest BCUT2D eigenvalue weighted by Crippen LogP contribution is -2.43. The minimum Gasteiger partial charge on any atom is -0.284 e. The number of benzene rings is 2. The quantitative estimate of drug-likeness (QED) is 0.787. The molecule has 4 rings (SSSR count). The molecular formula is C20H19FN2O2. The van der Waals surface area contributed by atoms with Crippen LogP contribution in [0.2, 0.25) is 0 Å². The molecule has 1 aliphatic heterocycles. The maximum absolute atomic E-state index is 13.1. The first-order valence-corrected chi connectivity index (χ1v) is 8.55. The second kappa shape index (κ2) is 6.41. The van der Waals surface area contributed by atoms with Gasteiger partial charge in [-0.15, -0.1) is 0 Å². The normalized spacial score (nSPS) is 20.6. The first-order valence-electron chi connectivity index (χ1n) is 8.55. The highest BCUT2D eigenvalue weighted by molar-refractivity contribution is 6.22. The summed E-state index contributed by atoms with van der Waals surface area (Å²) in [5, 5.41) is 0. The second-order valence-corrected chi connectivity index (χ2v) is 6.65. The highest BCUT2D eigenvalue weighted by Crippen LogP contribution is 2.35. The van der Waals surface area contributed by atoms with Crippen molar-refractivity contribution in [3.05, 3.63) is 66.0 Å². The van der Waals surface area contributed by atoms with Gasteiger partial charge in [0.25, 0.3) is 5.91 Å². The second-order valence-electron chi connectivity index (χ2n) is 6.65. The van der Waals surface area contributed by atoms with Gasteiger partial charge in [0.2, 0.25) is 5.91 Å². The molecule has 2 aromatic carbocycles. The molecule has 2 aliphatic rings. The Kier molecular flexibility index (Phi) is 4.09. The maximum Gasteiger partial charge on any atom is 0.251 e. The van der Waals surface area contributed by atoms with Crippen LogP contribution in [-0.2, 0) is 16.1 Å². The third kappa shape index (κ3) is 3.20. The Labute approximate surface area is 145 Å². The van der Waals surface area contributed by atoms with E-state index in [1.165, 1.54) is 29.2 Å². The average Bonchev–Trinajstić information content (AvgIpc) is 3.41. The van der Waals surface area contributed by atoms with Crippen LogP contribution in [-0.4, -0.2) is 28.8 Å². The summed E-state index contributed by atoms with van der Waals surface area (Å²) in [5.41, 5.74) is 1.57. The lowest BCUT2D eigenvalue weighted by atomic mass is 10.1. The van der Waals surface area contributed by atoms with E-state index < -0.39 is 6.04 Å². The molecule has 0 spiro atoms. The van der Waals surface area contributed by atoms with Gasteiger partial charge in [0.15, 0.2) is 0 Å². The Hall–Kier alpha value is -2.53. The maximum atomic E-state index is 13.1. The van der Waals surface area contributed by atoms with Crippen molar-refractivity contribution >= 4 is 17.5 Å². The topological polar surface area (TPSA) is 40.6 Å². The summed E-state index contributed by atoms with van der Waals surface area (Å²) in [7, 11) is 0. The van der Waals surface area contributed by atoms with Crippen LogP contribution in [0.5, 0.6) is 0 Å². The van der Waals surface area contributed by atoms with Gasteiger partial charge in [-0.3, -0.25) is 14.5 Å². The third-order valence-corrected chi connectivity index (χ3v) is 4.83. The molecule has 1 aliphatic carbocycles. The summed E-state index contributed by atoms with van der Waals surface area (Å²) in [4.78, 5) is 28.8. The van der Waals surface area contributed by atoms with Crippen LogP contribution in [0.3, 0.4) is 0 Å². The number of rotatable bonds is 5. The summed E-state index contributed by atoms with van der Waals surface area (Å²) >= 11 is 0. The van der Waals surface area contributed by atoms with Crippen molar-refractivity contribution in [1.82, 2.24) is 4.90 Å². The van der Waals surface area contributed by atoms with Crippen LogP contribution in [0, 0.1) is 5.82 Å². The third-order valence-electron chi connectivity index (χ3n) is 4.83. The summed E-state index contributed by atoms with van der Waals surface area (Å²) in [5.74, 6) is -0.817. The zero-order chi connectivity index (χ0) is 17.4. The molecule has 128 valence electrons. The predicted octanol–water partition coefficient (Wildman–Crippen LogP) is 3.12. The highest BCUT2D eigenvalue weighted by Gasteiger charge is 2.46. The summed E-state index contributed by atoms with van der Waals surface area (Å²) in [6.07, 6.45) is 2.29. The Morgan fingerprint density at radius 1 is 1.00 bits per heavy atom. The number of halogens is 1. The summed E-state index contributed by atoms with van der Waals surface area (Å²) in [6, 6.07) is 15.4. The smallest absolute Gasteiger partial charge is 0.251 e. The molecule has 1 heterocycles. The molecule has 0 radical (unpaired) electrons. The number of anilines is 1. The van der Waals surface area contributed by atoms with Crippen LogP contribution in [0.25, 0.3) is 0 Å². The Balaban J connectivity index is 1.58. The van der Waals surface area contributed by atoms with Crippen molar-refractivity contribution in [3.63, 3.8) is 0 Å². The predicted molar refractivity (Wildman–Crippen MR) is 92.3 cm³/mol. The molecule has 0 N–H and O–H groups in total. The van der Waals surface area contributed by atoms with Gasteiger partial charge in [0.1, 0.15) is 5.82 Å².